The Balaban J connectivity index is 1.72. The van der Waals surface area contributed by atoms with E-state index in [-0.39, 0.29) is 17.8 Å². The Morgan fingerprint density at radius 2 is 2.03 bits per heavy atom. The molecule has 0 bridgehead atoms. The molecule has 0 saturated heterocycles. The molecule has 0 aliphatic carbocycles. The first kappa shape index (κ1) is 19.7. The lowest BCUT2D eigenvalue weighted by Crippen LogP contribution is -2.36. The van der Waals surface area contributed by atoms with Crippen LogP contribution in [0.3, 0.4) is 0 Å². The Morgan fingerprint density at radius 3 is 2.73 bits per heavy atom. The molecule has 4 rings (SSSR count). The fourth-order valence-electron chi connectivity index (χ4n) is 3.52. The number of methoxy groups -OCH3 is 1. The van der Waals surface area contributed by atoms with Gasteiger partial charge in [0.05, 0.1) is 31.2 Å². The highest BCUT2D eigenvalue weighted by molar-refractivity contribution is 6.07. The lowest BCUT2D eigenvalue weighted by Gasteiger charge is -2.34. The number of alkyl halides is 3. The number of nitrogens with zero attached hydrogens (tertiary/aromatic N) is 3. The number of benzene rings is 1. The summed E-state index contributed by atoms with van der Waals surface area (Å²) in [7, 11) is 1.46. The highest BCUT2D eigenvalue weighted by Gasteiger charge is 2.47. The van der Waals surface area contributed by atoms with Crippen LogP contribution in [0.5, 0.6) is 5.75 Å². The second-order valence-corrected chi connectivity index (χ2v) is 6.78. The molecule has 3 aromatic rings. The van der Waals surface area contributed by atoms with Gasteiger partial charge in [-0.05, 0) is 18.2 Å². The topological polar surface area (TPSA) is 81.1 Å². The summed E-state index contributed by atoms with van der Waals surface area (Å²) in [4.78, 5) is 16.6. The standard InChI is InChI=1S/C20H18F3N5O2/c1-30-16-7-3-2-6-13(16)15-9-17(20(21,22)23)28-18(27-15)14(11-25-28)19(29)26-12-5-4-8-24-10-12/h2-8,10-11,15,17,27H,9H2,1H3,(H,26,29)/t15-,17+/m1/s1. The number of fused-ring (bicyclic) bond motifs is 1. The number of hydrogen-bond acceptors (Lipinski definition) is 5. The second kappa shape index (κ2) is 7.69. The van der Waals surface area contributed by atoms with Gasteiger partial charge in [-0.15, -0.1) is 0 Å². The van der Waals surface area contributed by atoms with Crippen LogP contribution in [0, 0.1) is 0 Å². The van der Waals surface area contributed by atoms with Gasteiger partial charge >= 0.3 is 6.18 Å². The number of ether oxygens (including phenoxy) is 1. The molecule has 10 heteroatoms. The molecule has 1 amide bonds. The van der Waals surface area contributed by atoms with Gasteiger partial charge in [-0.25, -0.2) is 4.68 Å². The number of hydrogen-bond donors (Lipinski definition) is 2. The van der Waals surface area contributed by atoms with E-state index in [0.717, 1.165) is 10.9 Å². The zero-order chi connectivity index (χ0) is 21.3. The molecule has 0 saturated carbocycles. The van der Waals surface area contributed by atoms with Gasteiger partial charge in [-0.3, -0.25) is 9.78 Å². The maximum atomic E-state index is 13.8. The van der Waals surface area contributed by atoms with Crippen LogP contribution in [0.2, 0.25) is 0 Å². The lowest BCUT2D eigenvalue weighted by atomic mass is 9.95. The van der Waals surface area contributed by atoms with Crippen molar-refractivity contribution in [3.63, 3.8) is 0 Å². The molecule has 1 aliphatic rings. The van der Waals surface area contributed by atoms with Gasteiger partial charge < -0.3 is 15.4 Å². The molecule has 2 atom stereocenters. The van der Waals surface area contributed by atoms with Gasteiger partial charge in [-0.1, -0.05) is 18.2 Å². The number of pyridine rings is 1. The van der Waals surface area contributed by atoms with Crippen molar-refractivity contribution >= 4 is 17.4 Å². The van der Waals surface area contributed by atoms with Crippen molar-refractivity contribution in [2.75, 3.05) is 17.7 Å². The van der Waals surface area contributed by atoms with Gasteiger partial charge in [0, 0.05) is 18.2 Å². The zero-order valence-corrected chi connectivity index (χ0v) is 15.8. The number of halogens is 3. The van der Waals surface area contributed by atoms with Gasteiger partial charge in [0.2, 0.25) is 0 Å². The molecule has 2 aromatic heterocycles. The van der Waals surface area contributed by atoms with Crippen LogP contribution in [0.4, 0.5) is 24.7 Å². The molecule has 1 aliphatic heterocycles. The Kier molecular flexibility index (Phi) is 5.06. The third kappa shape index (κ3) is 3.68. The molecule has 0 radical (unpaired) electrons. The quantitative estimate of drug-likeness (QED) is 0.665. The number of amides is 1. The van der Waals surface area contributed by atoms with E-state index in [2.05, 4.69) is 20.7 Å². The summed E-state index contributed by atoms with van der Waals surface area (Å²) < 4.78 is 47.6. The predicted molar refractivity (Wildman–Crippen MR) is 103 cm³/mol. The van der Waals surface area contributed by atoms with E-state index in [0.29, 0.717) is 17.0 Å². The molecular formula is C20H18F3N5O2. The molecule has 0 unspecified atom stereocenters. The largest absolute Gasteiger partial charge is 0.496 e. The van der Waals surface area contributed by atoms with E-state index in [1.165, 1.54) is 13.3 Å². The van der Waals surface area contributed by atoms with Crippen LogP contribution < -0.4 is 15.4 Å². The number of carbonyl (C=O) groups excluding carboxylic acids is 1. The van der Waals surface area contributed by atoms with Crippen molar-refractivity contribution in [3.8, 4) is 5.75 Å². The monoisotopic (exact) mass is 417 g/mol. The first-order chi connectivity index (χ1) is 14.4. The normalized spacial score (nSPS) is 18.3. The summed E-state index contributed by atoms with van der Waals surface area (Å²) in [6.45, 7) is 0. The van der Waals surface area contributed by atoms with Crippen molar-refractivity contribution in [2.45, 2.75) is 24.7 Å². The summed E-state index contributed by atoms with van der Waals surface area (Å²) in [5.74, 6) is -0.121. The molecule has 0 fully saturated rings. The minimum Gasteiger partial charge on any atom is -0.496 e. The number of aromatic nitrogens is 3. The maximum absolute atomic E-state index is 13.8. The third-order valence-corrected chi connectivity index (χ3v) is 4.92. The average Bonchev–Trinajstić information content (AvgIpc) is 3.17. The summed E-state index contributed by atoms with van der Waals surface area (Å²) in [6.07, 6.45) is -0.706. The maximum Gasteiger partial charge on any atom is 0.410 e. The summed E-state index contributed by atoms with van der Waals surface area (Å²) >= 11 is 0. The smallest absolute Gasteiger partial charge is 0.410 e. The number of anilines is 2. The first-order valence-corrected chi connectivity index (χ1v) is 9.13. The van der Waals surface area contributed by atoms with Crippen molar-refractivity contribution in [1.82, 2.24) is 14.8 Å². The van der Waals surface area contributed by atoms with Gasteiger partial charge in [0.25, 0.3) is 5.91 Å². The summed E-state index contributed by atoms with van der Waals surface area (Å²) in [5.41, 5.74) is 1.000. The minimum atomic E-state index is -4.54. The molecule has 30 heavy (non-hydrogen) atoms. The third-order valence-electron chi connectivity index (χ3n) is 4.92. The van der Waals surface area contributed by atoms with Crippen LogP contribution in [0.1, 0.15) is 34.4 Å². The van der Waals surface area contributed by atoms with Gasteiger partial charge in [-0.2, -0.15) is 18.3 Å². The first-order valence-electron chi connectivity index (χ1n) is 9.13. The SMILES string of the molecule is COc1ccccc1[C@H]1C[C@@H](C(F)(F)F)n2ncc(C(=O)Nc3cccnc3)c2N1. The van der Waals surface area contributed by atoms with Crippen LogP contribution in [-0.2, 0) is 0 Å². The average molecular weight is 417 g/mol. The van der Waals surface area contributed by atoms with Crippen molar-refractivity contribution in [1.29, 1.82) is 0 Å². The van der Waals surface area contributed by atoms with E-state index < -0.39 is 24.2 Å². The van der Waals surface area contributed by atoms with E-state index in [1.54, 1.807) is 42.6 Å². The number of nitrogens with one attached hydrogen (secondary N) is 2. The van der Waals surface area contributed by atoms with Crippen LogP contribution in [-0.4, -0.2) is 34.0 Å². The fourth-order valence-corrected chi connectivity index (χ4v) is 3.52. The molecule has 0 spiro atoms. The van der Waals surface area contributed by atoms with Crippen LogP contribution in [0.25, 0.3) is 0 Å². The van der Waals surface area contributed by atoms with E-state index >= 15 is 0 Å². The van der Waals surface area contributed by atoms with E-state index in [9.17, 15) is 18.0 Å². The van der Waals surface area contributed by atoms with E-state index in [4.69, 9.17) is 4.74 Å². The Hall–Kier alpha value is -3.56. The van der Waals surface area contributed by atoms with Gasteiger partial charge in [0.15, 0.2) is 6.04 Å². The molecule has 1 aromatic carbocycles. The molecule has 2 N–H and O–H groups in total. The fraction of sp³-hybridized carbons (Fsp3) is 0.250. The Bertz CT molecular complexity index is 1050. The lowest BCUT2D eigenvalue weighted by molar-refractivity contribution is -0.173. The van der Waals surface area contributed by atoms with E-state index in [1.807, 2.05) is 0 Å². The molecule has 3 heterocycles. The number of para-hydroxylation sites is 1. The Morgan fingerprint density at radius 1 is 1.23 bits per heavy atom. The Labute approximate surface area is 169 Å². The molecule has 7 nitrogen and oxygen atoms in total. The summed E-state index contributed by atoms with van der Waals surface area (Å²) in [5, 5.41) is 9.54. The molecular weight excluding hydrogens is 399 g/mol. The highest BCUT2D eigenvalue weighted by atomic mass is 19.4. The van der Waals surface area contributed by atoms with Gasteiger partial charge in [0.1, 0.15) is 17.1 Å². The number of carbonyl (C=O) groups is 1. The minimum absolute atomic E-state index is 0.000807. The number of rotatable bonds is 4. The predicted octanol–water partition coefficient (Wildman–Crippen LogP) is 4.20. The second-order valence-electron chi connectivity index (χ2n) is 6.78. The summed E-state index contributed by atoms with van der Waals surface area (Å²) in [6, 6.07) is 7.51. The highest BCUT2D eigenvalue weighted by Crippen LogP contribution is 2.45. The molecule has 156 valence electrons. The van der Waals surface area contributed by atoms with Crippen molar-refractivity contribution < 1.29 is 22.7 Å². The zero-order valence-electron chi connectivity index (χ0n) is 15.8. The van der Waals surface area contributed by atoms with Crippen LogP contribution in [0.15, 0.2) is 55.0 Å². The van der Waals surface area contributed by atoms with Crippen molar-refractivity contribution in [2.24, 2.45) is 0 Å². The van der Waals surface area contributed by atoms with Crippen LogP contribution >= 0.6 is 0 Å². The van der Waals surface area contributed by atoms with Crippen molar-refractivity contribution in [3.05, 3.63) is 66.1 Å².